The first-order valence-corrected chi connectivity index (χ1v) is 7.10. The molecule has 10 heteroatoms. The van der Waals surface area contributed by atoms with E-state index in [1.165, 1.54) is 24.5 Å². The SMILES string of the molecule is O=C(NCCNC(=O)c1ccco1)c1ccc(OCC(F)(F)F)nc1. The van der Waals surface area contributed by atoms with Gasteiger partial charge in [0.25, 0.3) is 11.8 Å². The van der Waals surface area contributed by atoms with E-state index in [1.807, 2.05) is 0 Å². The number of hydrogen-bond acceptors (Lipinski definition) is 5. The number of ether oxygens (including phenoxy) is 1. The number of alkyl halides is 3. The predicted octanol–water partition coefficient (Wildman–Crippen LogP) is 1.78. The van der Waals surface area contributed by atoms with Crippen LogP contribution in [0, 0.1) is 0 Å². The maximum atomic E-state index is 12.0. The second-order valence-electron chi connectivity index (χ2n) is 4.78. The van der Waals surface area contributed by atoms with E-state index in [9.17, 15) is 22.8 Å². The monoisotopic (exact) mass is 357 g/mol. The van der Waals surface area contributed by atoms with E-state index < -0.39 is 24.6 Å². The highest BCUT2D eigenvalue weighted by Gasteiger charge is 2.28. The molecule has 2 N–H and O–H groups in total. The molecule has 2 aromatic rings. The number of halogens is 3. The maximum absolute atomic E-state index is 12.0. The van der Waals surface area contributed by atoms with Gasteiger partial charge >= 0.3 is 6.18 Å². The third-order valence-corrected chi connectivity index (χ3v) is 2.82. The van der Waals surface area contributed by atoms with Crippen LogP contribution in [-0.4, -0.2) is 42.7 Å². The number of pyridine rings is 1. The lowest BCUT2D eigenvalue weighted by Crippen LogP contribution is -2.34. The summed E-state index contributed by atoms with van der Waals surface area (Å²) in [5, 5.41) is 5.07. The molecule has 2 rings (SSSR count). The minimum atomic E-state index is -4.46. The highest BCUT2D eigenvalue weighted by molar-refractivity contribution is 5.94. The van der Waals surface area contributed by atoms with E-state index in [0.29, 0.717) is 0 Å². The zero-order valence-electron chi connectivity index (χ0n) is 12.8. The quantitative estimate of drug-likeness (QED) is 0.737. The molecule has 2 amide bonds. The molecular weight excluding hydrogens is 343 g/mol. The van der Waals surface area contributed by atoms with Crippen LogP contribution < -0.4 is 15.4 Å². The number of hydrogen-bond donors (Lipinski definition) is 2. The van der Waals surface area contributed by atoms with Crippen LogP contribution in [0.25, 0.3) is 0 Å². The van der Waals surface area contributed by atoms with Crippen molar-refractivity contribution in [1.29, 1.82) is 0 Å². The van der Waals surface area contributed by atoms with Gasteiger partial charge in [-0.15, -0.1) is 0 Å². The molecule has 0 saturated heterocycles. The molecule has 0 bridgehead atoms. The summed E-state index contributed by atoms with van der Waals surface area (Å²) in [5.41, 5.74) is 0.150. The fourth-order valence-corrected chi connectivity index (χ4v) is 1.70. The number of amides is 2. The van der Waals surface area contributed by atoms with E-state index in [1.54, 1.807) is 6.07 Å². The molecule has 0 fully saturated rings. The molecule has 0 aromatic carbocycles. The lowest BCUT2D eigenvalue weighted by Gasteiger charge is -2.09. The predicted molar refractivity (Wildman–Crippen MR) is 79.2 cm³/mol. The van der Waals surface area contributed by atoms with Crippen molar-refractivity contribution in [3.05, 3.63) is 48.0 Å². The summed E-state index contributed by atoms with van der Waals surface area (Å²) in [6.07, 6.45) is -1.99. The van der Waals surface area contributed by atoms with Crippen LogP contribution in [0.2, 0.25) is 0 Å². The fraction of sp³-hybridized carbons (Fsp3) is 0.267. The van der Waals surface area contributed by atoms with Gasteiger partial charge in [0.2, 0.25) is 5.88 Å². The summed E-state index contributed by atoms with van der Waals surface area (Å²) in [5.74, 6) is -0.973. The number of nitrogens with one attached hydrogen (secondary N) is 2. The molecule has 0 spiro atoms. The molecule has 7 nitrogen and oxygen atoms in total. The molecule has 0 radical (unpaired) electrons. The zero-order chi connectivity index (χ0) is 18.3. The van der Waals surface area contributed by atoms with Crippen LogP contribution in [0.1, 0.15) is 20.9 Å². The van der Waals surface area contributed by atoms with E-state index in [4.69, 9.17) is 4.42 Å². The molecule has 0 aliphatic rings. The number of carbonyl (C=O) groups excluding carboxylic acids is 2. The molecule has 134 valence electrons. The number of carbonyl (C=O) groups is 2. The molecule has 0 saturated carbocycles. The second-order valence-corrected chi connectivity index (χ2v) is 4.78. The number of nitrogens with zero attached hydrogens (tertiary/aromatic N) is 1. The van der Waals surface area contributed by atoms with Gasteiger partial charge in [0.15, 0.2) is 12.4 Å². The highest BCUT2D eigenvalue weighted by atomic mass is 19.4. The maximum Gasteiger partial charge on any atom is 0.422 e. The molecule has 2 heterocycles. The van der Waals surface area contributed by atoms with Crippen LogP contribution in [0.15, 0.2) is 41.1 Å². The molecule has 0 aliphatic heterocycles. The second kappa shape index (κ2) is 8.18. The average molecular weight is 357 g/mol. The summed E-state index contributed by atoms with van der Waals surface area (Å²) in [7, 11) is 0. The standard InChI is InChI=1S/C15H14F3N3O4/c16-15(17,18)9-25-12-4-3-10(8-21-12)13(22)19-5-6-20-14(23)11-2-1-7-24-11/h1-4,7-8H,5-6,9H2,(H,19,22)(H,20,23). The van der Waals surface area contributed by atoms with Crippen LogP contribution in [-0.2, 0) is 0 Å². The summed E-state index contributed by atoms with van der Waals surface area (Å²) < 4.78 is 45.4. The van der Waals surface area contributed by atoms with Gasteiger partial charge in [-0.05, 0) is 18.2 Å². The summed E-state index contributed by atoms with van der Waals surface area (Å²) in [6.45, 7) is -1.13. The highest BCUT2D eigenvalue weighted by Crippen LogP contribution is 2.16. The third-order valence-electron chi connectivity index (χ3n) is 2.82. The van der Waals surface area contributed by atoms with Crippen LogP contribution in [0.3, 0.4) is 0 Å². The Morgan fingerprint density at radius 2 is 1.84 bits per heavy atom. The van der Waals surface area contributed by atoms with E-state index in [2.05, 4.69) is 20.4 Å². The molecular formula is C15H14F3N3O4. The van der Waals surface area contributed by atoms with E-state index in [0.717, 1.165) is 6.20 Å². The van der Waals surface area contributed by atoms with E-state index >= 15 is 0 Å². The first kappa shape index (κ1) is 18.3. The third kappa shape index (κ3) is 6.16. The van der Waals surface area contributed by atoms with Crippen molar-refractivity contribution in [2.24, 2.45) is 0 Å². The summed E-state index contributed by atoms with van der Waals surface area (Å²) >= 11 is 0. The Kier molecular flexibility index (Phi) is 5.98. The minimum Gasteiger partial charge on any atom is -0.468 e. The van der Waals surface area contributed by atoms with Crippen LogP contribution in [0.4, 0.5) is 13.2 Å². The Labute approximate surface area is 140 Å². The van der Waals surface area contributed by atoms with Crippen LogP contribution >= 0.6 is 0 Å². The van der Waals surface area contributed by atoms with Crippen molar-refractivity contribution >= 4 is 11.8 Å². The Balaban J connectivity index is 1.72. The molecule has 25 heavy (non-hydrogen) atoms. The average Bonchev–Trinajstić information content (AvgIpc) is 3.11. The molecule has 0 atom stereocenters. The van der Waals surface area contributed by atoms with Crippen molar-refractivity contribution in [3.8, 4) is 5.88 Å². The fourth-order valence-electron chi connectivity index (χ4n) is 1.70. The van der Waals surface area contributed by atoms with Gasteiger partial charge in [-0.2, -0.15) is 13.2 Å². The first-order valence-electron chi connectivity index (χ1n) is 7.10. The molecule has 0 unspecified atom stereocenters. The molecule has 0 aliphatic carbocycles. The Morgan fingerprint density at radius 1 is 1.12 bits per heavy atom. The van der Waals surface area contributed by atoms with Gasteiger partial charge in [0.1, 0.15) is 0 Å². The summed E-state index contributed by atoms with van der Waals surface area (Å²) in [4.78, 5) is 27.0. The Bertz CT molecular complexity index is 700. The zero-order valence-corrected chi connectivity index (χ0v) is 12.8. The van der Waals surface area contributed by atoms with Crippen molar-refractivity contribution in [1.82, 2.24) is 15.6 Å². The first-order chi connectivity index (χ1) is 11.8. The Hall–Kier alpha value is -3.04. The smallest absolute Gasteiger partial charge is 0.422 e. The lowest BCUT2D eigenvalue weighted by molar-refractivity contribution is -0.154. The van der Waals surface area contributed by atoms with Crippen molar-refractivity contribution in [2.75, 3.05) is 19.7 Å². The number of furan rings is 1. The van der Waals surface area contributed by atoms with Crippen molar-refractivity contribution in [3.63, 3.8) is 0 Å². The van der Waals surface area contributed by atoms with E-state index in [-0.39, 0.29) is 30.3 Å². The van der Waals surface area contributed by atoms with Gasteiger partial charge in [-0.25, -0.2) is 4.98 Å². The van der Waals surface area contributed by atoms with Crippen LogP contribution in [0.5, 0.6) is 5.88 Å². The number of aromatic nitrogens is 1. The largest absolute Gasteiger partial charge is 0.468 e. The minimum absolute atomic E-state index is 0.150. The van der Waals surface area contributed by atoms with Gasteiger partial charge < -0.3 is 19.8 Å². The topological polar surface area (TPSA) is 93.5 Å². The van der Waals surface area contributed by atoms with Gasteiger partial charge in [-0.3, -0.25) is 9.59 Å². The van der Waals surface area contributed by atoms with Gasteiger partial charge in [0, 0.05) is 25.4 Å². The van der Waals surface area contributed by atoms with Gasteiger partial charge in [-0.1, -0.05) is 0 Å². The van der Waals surface area contributed by atoms with Crippen molar-refractivity contribution < 1.29 is 31.9 Å². The molecule has 2 aromatic heterocycles. The number of rotatable bonds is 7. The summed E-state index contributed by atoms with van der Waals surface area (Å²) in [6, 6.07) is 5.53. The van der Waals surface area contributed by atoms with Crippen molar-refractivity contribution in [2.45, 2.75) is 6.18 Å². The van der Waals surface area contributed by atoms with Gasteiger partial charge in [0.05, 0.1) is 11.8 Å². The lowest BCUT2D eigenvalue weighted by atomic mass is 10.2. The Morgan fingerprint density at radius 3 is 2.40 bits per heavy atom. The normalized spacial score (nSPS) is 11.0.